The summed E-state index contributed by atoms with van der Waals surface area (Å²) in [6.07, 6.45) is 0.833. The summed E-state index contributed by atoms with van der Waals surface area (Å²) in [7, 11) is 3.73. The van der Waals surface area contributed by atoms with Gasteiger partial charge in [-0.1, -0.05) is 15.9 Å². The van der Waals surface area contributed by atoms with Crippen LogP contribution >= 0.6 is 15.9 Å². The number of aryl methyl sites for hydroxylation is 1. The van der Waals surface area contributed by atoms with Crippen molar-refractivity contribution in [2.24, 2.45) is 7.05 Å². The van der Waals surface area contributed by atoms with Gasteiger partial charge in [0.1, 0.15) is 5.82 Å². The maximum atomic E-state index is 13.8. The number of likely N-dealkylation sites (N-methyl/N-ethyl adjacent to an activating group) is 1. The fourth-order valence-electron chi connectivity index (χ4n) is 1.85. The van der Waals surface area contributed by atoms with Gasteiger partial charge in [0.2, 0.25) is 0 Å². The van der Waals surface area contributed by atoms with E-state index in [-0.39, 0.29) is 5.82 Å². The average molecular weight is 312 g/mol. The van der Waals surface area contributed by atoms with E-state index in [4.69, 9.17) is 0 Å². The van der Waals surface area contributed by atoms with Crippen LogP contribution in [0.4, 0.5) is 4.39 Å². The molecule has 1 heterocycles. The largest absolute Gasteiger partial charge is 0.319 e. The third-order valence-electron chi connectivity index (χ3n) is 2.77. The molecular weight excluding hydrogens is 297 g/mol. The van der Waals surface area contributed by atoms with Crippen LogP contribution in [0.5, 0.6) is 0 Å². The van der Waals surface area contributed by atoms with E-state index in [0.29, 0.717) is 5.56 Å². The van der Waals surface area contributed by atoms with Gasteiger partial charge in [-0.15, -0.1) is 0 Å². The molecule has 0 amide bonds. The van der Waals surface area contributed by atoms with Crippen LogP contribution in [0.25, 0.3) is 11.3 Å². The van der Waals surface area contributed by atoms with Crippen molar-refractivity contribution in [1.29, 1.82) is 0 Å². The lowest BCUT2D eigenvalue weighted by Crippen LogP contribution is -2.10. The Morgan fingerprint density at radius 3 is 2.89 bits per heavy atom. The summed E-state index contributed by atoms with van der Waals surface area (Å²) in [4.78, 5) is 0. The number of hydrogen-bond acceptors (Lipinski definition) is 2. The number of nitrogens with one attached hydrogen (secondary N) is 1. The summed E-state index contributed by atoms with van der Waals surface area (Å²) in [5, 5.41) is 7.46. The molecule has 96 valence electrons. The molecule has 0 saturated carbocycles. The minimum Gasteiger partial charge on any atom is -0.319 e. The molecule has 18 heavy (non-hydrogen) atoms. The maximum absolute atomic E-state index is 13.8. The first kappa shape index (κ1) is 13.2. The highest BCUT2D eigenvalue weighted by Crippen LogP contribution is 2.26. The van der Waals surface area contributed by atoms with Gasteiger partial charge in [-0.05, 0) is 31.3 Å². The van der Waals surface area contributed by atoms with Crippen LogP contribution in [0, 0.1) is 5.82 Å². The predicted octanol–water partition coefficient (Wildman–Crippen LogP) is 2.75. The Balaban J connectivity index is 2.38. The molecule has 0 fully saturated rings. The zero-order valence-corrected chi connectivity index (χ0v) is 12.0. The molecule has 0 radical (unpaired) electrons. The summed E-state index contributed by atoms with van der Waals surface area (Å²) in [6.45, 7) is 0.859. The van der Waals surface area contributed by atoms with Crippen molar-refractivity contribution in [3.63, 3.8) is 0 Å². The SMILES string of the molecule is CNCCc1cc(-c2cc(Br)ccc2F)n(C)n1. The molecule has 0 atom stereocenters. The van der Waals surface area contributed by atoms with Crippen LogP contribution in [-0.2, 0) is 13.5 Å². The Morgan fingerprint density at radius 1 is 1.39 bits per heavy atom. The topological polar surface area (TPSA) is 29.9 Å². The summed E-state index contributed by atoms with van der Waals surface area (Å²) in [5.74, 6) is -0.235. The van der Waals surface area contributed by atoms with Crippen molar-refractivity contribution in [3.05, 3.63) is 40.2 Å². The summed E-state index contributed by atoms with van der Waals surface area (Å²) in [5.41, 5.74) is 2.32. The molecule has 1 aromatic carbocycles. The zero-order chi connectivity index (χ0) is 13.1. The number of aromatic nitrogens is 2. The second-order valence-corrected chi connectivity index (χ2v) is 5.04. The van der Waals surface area contributed by atoms with Crippen LogP contribution < -0.4 is 5.32 Å². The number of hydrogen-bond donors (Lipinski definition) is 1. The van der Waals surface area contributed by atoms with Crippen LogP contribution in [-0.4, -0.2) is 23.4 Å². The maximum Gasteiger partial charge on any atom is 0.132 e. The quantitative estimate of drug-likeness (QED) is 0.941. The van der Waals surface area contributed by atoms with Crippen LogP contribution in [0.1, 0.15) is 5.69 Å². The van der Waals surface area contributed by atoms with E-state index < -0.39 is 0 Å². The van der Waals surface area contributed by atoms with Crippen molar-refractivity contribution in [2.75, 3.05) is 13.6 Å². The number of rotatable bonds is 4. The number of halogens is 2. The van der Waals surface area contributed by atoms with Gasteiger partial charge < -0.3 is 5.32 Å². The first-order valence-electron chi connectivity index (χ1n) is 5.74. The van der Waals surface area contributed by atoms with Gasteiger partial charge in [0.05, 0.1) is 11.4 Å². The molecule has 1 aromatic heterocycles. The first-order valence-corrected chi connectivity index (χ1v) is 6.54. The third-order valence-corrected chi connectivity index (χ3v) is 3.26. The number of nitrogens with zero attached hydrogens (tertiary/aromatic N) is 2. The van der Waals surface area contributed by atoms with E-state index >= 15 is 0 Å². The Labute approximate surface area is 114 Å². The highest BCUT2D eigenvalue weighted by molar-refractivity contribution is 9.10. The fourth-order valence-corrected chi connectivity index (χ4v) is 2.21. The van der Waals surface area contributed by atoms with Crippen molar-refractivity contribution < 1.29 is 4.39 Å². The Morgan fingerprint density at radius 2 is 2.17 bits per heavy atom. The van der Waals surface area contributed by atoms with Gasteiger partial charge in [-0.2, -0.15) is 5.10 Å². The van der Waals surface area contributed by atoms with Crippen LogP contribution in [0.3, 0.4) is 0 Å². The van der Waals surface area contributed by atoms with E-state index in [2.05, 4.69) is 26.3 Å². The third kappa shape index (κ3) is 2.79. The van der Waals surface area contributed by atoms with Gasteiger partial charge in [-0.3, -0.25) is 4.68 Å². The van der Waals surface area contributed by atoms with Crippen molar-refractivity contribution in [3.8, 4) is 11.3 Å². The van der Waals surface area contributed by atoms with Crippen LogP contribution in [0.2, 0.25) is 0 Å². The predicted molar refractivity (Wildman–Crippen MR) is 73.9 cm³/mol. The molecule has 5 heteroatoms. The zero-order valence-electron chi connectivity index (χ0n) is 10.4. The van der Waals surface area contributed by atoms with E-state index in [9.17, 15) is 4.39 Å². The lowest BCUT2D eigenvalue weighted by molar-refractivity contribution is 0.627. The molecule has 2 rings (SSSR count). The van der Waals surface area contributed by atoms with Gasteiger partial charge in [0, 0.05) is 30.0 Å². The number of benzene rings is 1. The van der Waals surface area contributed by atoms with Gasteiger partial charge in [0.25, 0.3) is 0 Å². The molecule has 0 aliphatic rings. The molecule has 1 N–H and O–H groups in total. The van der Waals surface area contributed by atoms with E-state index in [0.717, 1.165) is 28.8 Å². The second-order valence-electron chi connectivity index (χ2n) is 4.12. The summed E-state index contributed by atoms with van der Waals surface area (Å²) < 4.78 is 16.4. The summed E-state index contributed by atoms with van der Waals surface area (Å²) in [6, 6.07) is 6.85. The molecule has 0 bridgehead atoms. The summed E-state index contributed by atoms with van der Waals surface area (Å²) >= 11 is 3.36. The fraction of sp³-hybridized carbons (Fsp3) is 0.308. The molecular formula is C13H15BrFN3. The molecule has 2 aromatic rings. The average Bonchev–Trinajstić information content (AvgIpc) is 2.71. The molecule has 3 nitrogen and oxygen atoms in total. The molecule has 0 aliphatic heterocycles. The second kappa shape index (κ2) is 5.63. The lowest BCUT2D eigenvalue weighted by Gasteiger charge is -2.03. The van der Waals surface area contributed by atoms with Crippen molar-refractivity contribution >= 4 is 15.9 Å². The standard InChI is InChI=1S/C13H15BrFN3/c1-16-6-5-10-8-13(18(2)17-10)11-7-9(14)3-4-12(11)15/h3-4,7-8,16H,5-6H2,1-2H3. The Bertz CT molecular complexity index is 551. The Hall–Kier alpha value is -1.20. The van der Waals surface area contributed by atoms with Crippen LogP contribution in [0.15, 0.2) is 28.7 Å². The molecule has 0 unspecified atom stereocenters. The van der Waals surface area contributed by atoms with Gasteiger partial charge in [-0.25, -0.2) is 4.39 Å². The van der Waals surface area contributed by atoms with E-state index in [1.54, 1.807) is 16.8 Å². The Kier molecular flexibility index (Phi) is 4.14. The van der Waals surface area contributed by atoms with E-state index in [1.165, 1.54) is 6.07 Å². The minimum absolute atomic E-state index is 0.235. The van der Waals surface area contributed by atoms with Crippen molar-refractivity contribution in [1.82, 2.24) is 15.1 Å². The normalized spacial score (nSPS) is 10.9. The lowest BCUT2D eigenvalue weighted by atomic mass is 10.1. The molecule has 0 saturated heterocycles. The first-order chi connectivity index (χ1) is 8.61. The van der Waals surface area contributed by atoms with Gasteiger partial charge >= 0.3 is 0 Å². The monoisotopic (exact) mass is 311 g/mol. The molecule has 0 spiro atoms. The highest BCUT2D eigenvalue weighted by atomic mass is 79.9. The smallest absolute Gasteiger partial charge is 0.132 e. The van der Waals surface area contributed by atoms with Crippen molar-refractivity contribution in [2.45, 2.75) is 6.42 Å². The molecule has 0 aliphatic carbocycles. The minimum atomic E-state index is -0.235. The highest BCUT2D eigenvalue weighted by Gasteiger charge is 2.11. The van der Waals surface area contributed by atoms with Gasteiger partial charge in [0.15, 0.2) is 0 Å². The van der Waals surface area contributed by atoms with E-state index in [1.807, 2.05) is 20.2 Å².